The van der Waals surface area contributed by atoms with Crippen LogP contribution in [0.5, 0.6) is 5.75 Å². The molecule has 7 heteroatoms. The minimum absolute atomic E-state index is 0.204. The molecule has 116 valence electrons. The molecular weight excluding hydrogens is 368 g/mol. The number of hydrogen-bond acceptors (Lipinski definition) is 4. The van der Waals surface area contributed by atoms with Crippen molar-refractivity contribution in [1.82, 2.24) is 4.98 Å². The number of nitrogens with zero attached hydrogens (tertiary/aromatic N) is 2. The van der Waals surface area contributed by atoms with Crippen LogP contribution in [0.1, 0.15) is 11.1 Å². The highest BCUT2D eigenvalue weighted by molar-refractivity contribution is 9.10. The van der Waals surface area contributed by atoms with Gasteiger partial charge in [-0.25, -0.2) is 13.4 Å². The van der Waals surface area contributed by atoms with E-state index in [4.69, 9.17) is 4.74 Å². The number of fused-ring (bicyclic) bond motifs is 1. The van der Waals surface area contributed by atoms with E-state index in [-0.39, 0.29) is 4.90 Å². The molecule has 5 nitrogen and oxygen atoms in total. The minimum atomic E-state index is -3.65. The predicted molar refractivity (Wildman–Crippen MR) is 87.9 cm³/mol. The van der Waals surface area contributed by atoms with Crippen molar-refractivity contribution < 1.29 is 13.2 Å². The van der Waals surface area contributed by atoms with Gasteiger partial charge >= 0.3 is 0 Å². The molecule has 1 aromatic carbocycles. The largest absolute Gasteiger partial charge is 0.493 e. The first-order valence-corrected chi connectivity index (χ1v) is 9.00. The number of halogens is 1. The Morgan fingerprint density at radius 3 is 2.82 bits per heavy atom. The second-order valence-corrected chi connectivity index (χ2v) is 7.89. The lowest BCUT2D eigenvalue weighted by atomic mass is 10.1. The summed E-state index contributed by atoms with van der Waals surface area (Å²) in [5, 5.41) is 0. The van der Waals surface area contributed by atoms with E-state index in [0.717, 1.165) is 17.7 Å². The SMILES string of the molecule is Cc1cc(Br)ncc1S(=O)(=O)N(C)c1ccc2c(c1)CCO2. The second kappa shape index (κ2) is 5.55. The van der Waals surface area contributed by atoms with Crippen LogP contribution in [-0.4, -0.2) is 27.1 Å². The van der Waals surface area contributed by atoms with Gasteiger partial charge in [-0.15, -0.1) is 0 Å². The highest BCUT2D eigenvalue weighted by Gasteiger charge is 2.25. The molecule has 0 saturated heterocycles. The van der Waals surface area contributed by atoms with Crippen LogP contribution in [0.15, 0.2) is 40.0 Å². The number of ether oxygens (including phenoxy) is 1. The number of rotatable bonds is 3. The Bertz CT molecular complexity index is 837. The molecule has 1 aliphatic rings. The van der Waals surface area contributed by atoms with Crippen LogP contribution in [0.4, 0.5) is 5.69 Å². The topological polar surface area (TPSA) is 59.5 Å². The average Bonchev–Trinajstić information content (AvgIpc) is 2.93. The summed E-state index contributed by atoms with van der Waals surface area (Å²) in [5.74, 6) is 0.830. The van der Waals surface area contributed by atoms with Crippen molar-refractivity contribution >= 4 is 31.6 Å². The van der Waals surface area contributed by atoms with E-state index in [9.17, 15) is 8.42 Å². The molecular formula is C15H15BrN2O3S. The molecule has 2 heterocycles. The number of anilines is 1. The van der Waals surface area contributed by atoms with Gasteiger partial charge in [0, 0.05) is 19.7 Å². The molecule has 0 aliphatic carbocycles. The third-order valence-electron chi connectivity index (χ3n) is 3.70. The van der Waals surface area contributed by atoms with Crippen molar-refractivity contribution in [3.8, 4) is 5.75 Å². The molecule has 22 heavy (non-hydrogen) atoms. The normalized spacial score (nSPS) is 13.6. The fraction of sp³-hybridized carbons (Fsp3) is 0.267. The molecule has 1 aliphatic heterocycles. The molecule has 0 saturated carbocycles. The molecule has 0 fully saturated rings. The van der Waals surface area contributed by atoms with E-state index < -0.39 is 10.0 Å². The van der Waals surface area contributed by atoms with Crippen LogP contribution in [-0.2, 0) is 16.4 Å². The first-order valence-electron chi connectivity index (χ1n) is 6.76. The molecule has 0 spiro atoms. The number of aromatic nitrogens is 1. The Morgan fingerprint density at radius 2 is 2.09 bits per heavy atom. The summed E-state index contributed by atoms with van der Waals surface area (Å²) in [4.78, 5) is 4.23. The lowest BCUT2D eigenvalue weighted by molar-refractivity contribution is 0.357. The number of sulfonamides is 1. The standard InChI is InChI=1S/C15H15BrN2O3S/c1-10-7-15(16)17-9-14(10)22(19,20)18(2)12-3-4-13-11(8-12)5-6-21-13/h3-4,7-9H,5-6H2,1-2H3. The number of pyridine rings is 1. The third kappa shape index (κ3) is 2.59. The highest BCUT2D eigenvalue weighted by atomic mass is 79.9. The maximum Gasteiger partial charge on any atom is 0.265 e. The van der Waals surface area contributed by atoms with Gasteiger partial charge in [0.05, 0.1) is 12.3 Å². The summed E-state index contributed by atoms with van der Waals surface area (Å²) in [6, 6.07) is 7.12. The predicted octanol–water partition coefficient (Wildman–Crippen LogP) is 2.91. The van der Waals surface area contributed by atoms with Crippen LogP contribution in [0.3, 0.4) is 0 Å². The van der Waals surface area contributed by atoms with Crippen LogP contribution in [0.25, 0.3) is 0 Å². The van der Waals surface area contributed by atoms with E-state index in [0.29, 0.717) is 22.5 Å². The van der Waals surface area contributed by atoms with E-state index >= 15 is 0 Å². The lowest BCUT2D eigenvalue weighted by Gasteiger charge is -2.21. The fourth-order valence-corrected chi connectivity index (χ4v) is 4.22. The smallest absolute Gasteiger partial charge is 0.265 e. The van der Waals surface area contributed by atoms with Crippen LogP contribution < -0.4 is 9.04 Å². The quantitative estimate of drug-likeness (QED) is 0.765. The van der Waals surface area contributed by atoms with Gasteiger partial charge in [0.2, 0.25) is 0 Å². The summed E-state index contributed by atoms with van der Waals surface area (Å²) < 4.78 is 33.0. The molecule has 0 amide bonds. The molecule has 0 atom stereocenters. The second-order valence-electron chi connectivity index (χ2n) is 5.14. The molecule has 0 radical (unpaired) electrons. The van der Waals surface area contributed by atoms with Crippen molar-refractivity contribution in [3.63, 3.8) is 0 Å². The van der Waals surface area contributed by atoms with Crippen molar-refractivity contribution in [1.29, 1.82) is 0 Å². The maximum atomic E-state index is 12.8. The van der Waals surface area contributed by atoms with Crippen molar-refractivity contribution in [2.24, 2.45) is 0 Å². The van der Waals surface area contributed by atoms with Gasteiger partial charge in [0.1, 0.15) is 15.2 Å². The van der Waals surface area contributed by atoms with Crippen molar-refractivity contribution in [2.45, 2.75) is 18.2 Å². The van der Waals surface area contributed by atoms with Crippen molar-refractivity contribution in [2.75, 3.05) is 18.0 Å². The number of hydrogen-bond donors (Lipinski definition) is 0. The van der Waals surface area contributed by atoms with Gasteiger partial charge < -0.3 is 4.74 Å². The molecule has 3 rings (SSSR count). The van der Waals surface area contributed by atoms with E-state index in [1.807, 2.05) is 12.1 Å². The minimum Gasteiger partial charge on any atom is -0.493 e. The third-order valence-corrected chi connectivity index (χ3v) is 6.05. The van der Waals surface area contributed by atoms with Gasteiger partial charge in [-0.2, -0.15) is 0 Å². The zero-order valence-corrected chi connectivity index (χ0v) is 14.6. The van der Waals surface area contributed by atoms with Crippen LogP contribution in [0, 0.1) is 6.92 Å². The van der Waals surface area contributed by atoms with Crippen LogP contribution >= 0.6 is 15.9 Å². The lowest BCUT2D eigenvalue weighted by Crippen LogP contribution is -2.27. The Hall–Kier alpha value is -1.60. The number of benzene rings is 1. The van der Waals surface area contributed by atoms with E-state index in [2.05, 4.69) is 20.9 Å². The monoisotopic (exact) mass is 382 g/mol. The van der Waals surface area contributed by atoms with E-state index in [1.165, 1.54) is 10.5 Å². The zero-order chi connectivity index (χ0) is 15.9. The van der Waals surface area contributed by atoms with Gasteiger partial charge in [-0.3, -0.25) is 4.31 Å². The number of aryl methyl sites for hydroxylation is 1. The van der Waals surface area contributed by atoms with Crippen LogP contribution in [0.2, 0.25) is 0 Å². The van der Waals surface area contributed by atoms with Gasteiger partial charge in [-0.1, -0.05) is 0 Å². The average molecular weight is 383 g/mol. The summed E-state index contributed by atoms with van der Waals surface area (Å²) in [5.41, 5.74) is 2.30. The molecule has 1 aromatic heterocycles. The van der Waals surface area contributed by atoms with E-state index in [1.54, 1.807) is 26.1 Å². The van der Waals surface area contributed by atoms with Gasteiger partial charge in [0.25, 0.3) is 10.0 Å². The summed E-state index contributed by atoms with van der Waals surface area (Å²) >= 11 is 3.25. The first kappa shape index (κ1) is 15.3. The summed E-state index contributed by atoms with van der Waals surface area (Å²) in [7, 11) is -2.10. The molecule has 0 N–H and O–H groups in total. The molecule has 2 aromatic rings. The molecule has 0 unspecified atom stereocenters. The Balaban J connectivity index is 2.01. The molecule has 0 bridgehead atoms. The summed E-state index contributed by atoms with van der Waals surface area (Å²) in [6.07, 6.45) is 2.18. The Labute approximate surface area is 138 Å². The van der Waals surface area contributed by atoms with Gasteiger partial charge in [0.15, 0.2) is 0 Å². The first-order chi connectivity index (χ1) is 10.4. The Kier molecular flexibility index (Phi) is 3.86. The summed E-state index contributed by atoms with van der Waals surface area (Å²) in [6.45, 7) is 2.40. The van der Waals surface area contributed by atoms with Gasteiger partial charge in [-0.05, 0) is 58.2 Å². The highest BCUT2D eigenvalue weighted by Crippen LogP contribution is 2.31. The zero-order valence-electron chi connectivity index (χ0n) is 12.2. The van der Waals surface area contributed by atoms with Crippen molar-refractivity contribution in [3.05, 3.63) is 46.2 Å². The Morgan fingerprint density at radius 1 is 1.32 bits per heavy atom. The fourth-order valence-electron chi connectivity index (χ4n) is 2.43. The maximum absolute atomic E-state index is 12.8.